The number of nitrogens with one attached hydrogen (secondary N) is 2. The Bertz CT molecular complexity index is 1130. The number of para-hydroxylation sites is 1. The van der Waals surface area contributed by atoms with Crippen LogP contribution in [0.15, 0.2) is 42.5 Å². The van der Waals surface area contributed by atoms with Gasteiger partial charge < -0.3 is 10.6 Å². The summed E-state index contributed by atoms with van der Waals surface area (Å²) in [7, 11) is 0. The summed E-state index contributed by atoms with van der Waals surface area (Å²) in [6.07, 6.45) is 1.23. The highest BCUT2D eigenvalue weighted by molar-refractivity contribution is 6.03. The molecule has 5 heteroatoms. The summed E-state index contributed by atoms with van der Waals surface area (Å²) in [5.41, 5.74) is 6.70. The van der Waals surface area contributed by atoms with Gasteiger partial charge in [0.05, 0.1) is 11.3 Å². The highest BCUT2D eigenvalue weighted by atomic mass is 16.1. The Morgan fingerprint density at radius 2 is 1.63 bits per heavy atom. The Kier molecular flexibility index (Phi) is 5.06. The van der Waals surface area contributed by atoms with E-state index in [4.69, 9.17) is 9.97 Å². The molecule has 1 aliphatic carbocycles. The molecule has 30 heavy (non-hydrogen) atoms. The minimum atomic E-state index is -0.115. The van der Waals surface area contributed by atoms with Gasteiger partial charge in [0.15, 0.2) is 5.78 Å². The predicted octanol–water partition coefficient (Wildman–Crippen LogP) is 6.04. The van der Waals surface area contributed by atoms with Crippen LogP contribution in [0.3, 0.4) is 0 Å². The van der Waals surface area contributed by atoms with Crippen LogP contribution >= 0.6 is 0 Å². The molecule has 0 atom stereocenters. The normalized spacial score (nSPS) is 14.9. The van der Waals surface area contributed by atoms with Crippen LogP contribution in [0.5, 0.6) is 0 Å². The molecule has 0 spiro atoms. The topological polar surface area (TPSA) is 66.9 Å². The van der Waals surface area contributed by atoms with Crippen molar-refractivity contribution in [1.82, 2.24) is 9.97 Å². The van der Waals surface area contributed by atoms with Gasteiger partial charge in [-0.3, -0.25) is 4.79 Å². The molecule has 1 heterocycles. The van der Waals surface area contributed by atoms with Crippen LogP contribution in [-0.2, 0) is 6.42 Å². The van der Waals surface area contributed by atoms with Crippen LogP contribution in [0.4, 0.5) is 23.1 Å². The van der Waals surface area contributed by atoms with Gasteiger partial charge in [0, 0.05) is 17.8 Å². The average Bonchev–Trinajstić information content (AvgIpc) is 2.65. The first kappa shape index (κ1) is 20.1. The second-order valence-corrected chi connectivity index (χ2v) is 9.02. The second kappa shape index (κ2) is 7.56. The molecule has 2 aromatic carbocycles. The lowest BCUT2D eigenvalue weighted by atomic mass is 9.75. The Hall–Kier alpha value is -3.21. The van der Waals surface area contributed by atoms with Crippen molar-refractivity contribution in [3.63, 3.8) is 0 Å². The zero-order valence-corrected chi connectivity index (χ0v) is 18.3. The van der Waals surface area contributed by atoms with Gasteiger partial charge in [-0.25, -0.2) is 4.98 Å². The van der Waals surface area contributed by atoms with E-state index in [1.807, 2.05) is 37.3 Å². The lowest BCUT2D eigenvalue weighted by Gasteiger charge is -2.30. The first-order chi connectivity index (χ1) is 14.2. The smallest absolute Gasteiger partial charge is 0.229 e. The van der Waals surface area contributed by atoms with Crippen molar-refractivity contribution in [3.8, 4) is 0 Å². The van der Waals surface area contributed by atoms with Crippen molar-refractivity contribution >= 4 is 28.9 Å². The number of fused-ring (bicyclic) bond motifs is 1. The van der Waals surface area contributed by atoms with Crippen LogP contribution in [0.1, 0.15) is 53.0 Å². The molecule has 5 nitrogen and oxygen atoms in total. The van der Waals surface area contributed by atoms with Gasteiger partial charge >= 0.3 is 0 Å². The molecule has 0 bridgehead atoms. The third-order valence-electron chi connectivity index (χ3n) is 5.71. The first-order valence-electron chi connectivity index (χ1n) is 10.3. The van der Waals surface area contributed by atoms with E-state index in [1.54, 1.807) is 0 Å². The van der Waals surface area contributed by atoms with Crippen molar-refractivity contribution in [2.75, 3.05) is 10.6 Å². The molecule has 0 unspecified atom stereocenters. The summed E-state index contributed by atoms with van der Waals surface area (Å²) in [5.74, 6) is 1.16. The summed E-state index contributed by atoms with van der Waals surface area (Å²) in [4.78, 5) is 22.5. The van der Waals surface area contributed by atoms with E-state index < -0.39 is 0 Å². The minimum absolute atomic E-state index is 0.0927. The summed E-state index contributed by atoms with van der Waals surface area (Å²) in [6.45, 7) is 10.4. The molecule has 0 radical (unpaired) electrons. The summed E-state index contributed by atoms with van der Waals surface area (Å²) < 4.78 is 0. The van der Waals surface area contributed by atoms with Gasteiger partial charge in [0.2, 0.25) is 5.95 Å². The molecule has 1 aromatic heterocycles. The highest BCUT2D eigenvalue weighted by Crippen LogP contribution is 2.38. The number of nitrogens with zero attached hydrogens (tertiary/aromatic N) is 2. The van der Waals surface area contributed by atoms with Crippen molar-refractivity contribution < 1.29 is 4.79 Å². The second-order valence-electron chi connectivity index (χ2n) is 9.02. The van der Waals surface area contributed by atoms with Crippen LogP contribution < -0.4 is 10.6 Å². The average molecular weight is 401 g/mol. The maximum Gasteiger partial charge on any atom is 0.229 e. The van der Waals surface area contributed by atoms with Gasteiger partial charge in [-0.15, -0.1) is 0 Å². The van der Waals surface area contributed by atoms with E-state index in [0.717, 1.165) is 29.1 Å². The maximum absolute atomic E-state index is 13.0. The standard InChI is InChI=1S/C25H28N4O/c1-15-10-11-18(12-17(15)3)26-24-28-20-13-25(4,5)14-21(30)22(20)23(29-24)27-19-9-7-6-8-16(19)2/h6-12H,13-14H2,1-5H3,(H2,26,27,28,29). The maximum atomic E-state index is 13.0. The number of benzene rings is 2. The van der Waals surface area contributed by atoms with Gasteiger partial charge in [-0.1, -0.05) is 38.1 Å². The molecular weight excluding hydrogens is 372 g/mol. The molecule has 0 saturated carbocycles. The largest absolute Gasteiger partial charge is 0.339 e. The number of aryl methyl sites for hydroxylation is 3. The van der Waals surface area contributed by atoms with Gasteiger partial charge in [0.1, 0.15) is 5.82 Å². The Morgan fingerprint density at radius 3 is 2.37 bits per heavy atom. The third kappa shape index (κ3) is 4.06. The number of hydrogen-bond donors (Lipinski definition) is 2. The first-order valence-corrected chi connectivity index (χ1v) is 10.3. The Labute approximate surface area is 178 Å². The van der Waals surface area contributed by atoms with Crippen molar-refractivity contribution in [2.24, 2.45) is 5.41 Å². The minimum Gasteiger partial charge on any atom is -0.339 e. The molecule has 4 rings (SSSR count). The number of aromatic nitrogens is 2. The lowest BCUT2D eigenvalue weighted by Crippen LogP contribution is -2.29. The number of Topliss-reactive ketones (excluding diaryl/α,β-unsaturated/α-hetero) is 1. The molecule has 154 valence electrons. The monoisotopic (exact) mass is 400 g/mol. The van der Waals surface area contributed by atoms with Gasteiger partial charge in [-0.2, -0.15) is 4.98 Å². The van der Waals surface area contributed by atoms with E-state index in [2.05, 4.69) is 50.5 Å². The zero-order chi connectivity index (χ0) is 21.5. The van der Waals surface area contributed by atoms with E-state index in [1.165, 1.54) is 11.1 Å². The fourth-order valence-corrected chi connectivity index (χ4v) is 3.90. The van der Waals surface area contributed by atoms with E-state index in [-0.39, 0.29) is 11.2 Å². The zero-order valence-electron chi connectivity index (χ0n) is 18.3. The number of carbonyl (C=O) groups excluding carboxylic acids is 1. The molecule has 2 N–H and O–H groups in total. The summed E-state index contributed by atoms with van der Waals surface area (Å²) in [6, 6.07) is 14.2. The van der Waals surface area contributed by atoms with Crippen molar-refractivity contribution in [2.45, 2.75) is 47.5 Å². The number of hydrogen-bond acceptors (Lipinski definition) is 5. The number of anilines is 4. The molecule has 0 fully saturated rings. The molecule has 0 amide bonds. The third-order valence-corrected chi connectivity index (χ3v) is 5.71. The quantitative estimate of drug-likeness (QED) is 0.558. The predicted molar refractivity (Wildman–Crippen MR) is 122 cm³/mol. The van der Waals surface area contributed by atoms with Crippen LogP contribution in [-0.4, -0.2) is 15.8 Å². The fraction of sp³-hybridized carbons (Fsp3) is 0.320. The number of ketones is 1. The lowest BCUT2D eigenvalue weighted by molar-refractivity contribution is 0.0911. The number of rotatable bonds is 4. The van der Waals surface area contributed by atoms with Crippen LogP contribution in [0.2, 0.25) is 0 Å². The summed E-state index contributed by atoms with van der Waals surface area (Å²) in [5, 5.41) is 6.72. The SMILES string of the molecule is Cc1ccc(Nc2nc3c(c(Nc4ccccc4C)n2)C(=O)CC(C)(C)C3)cc1C. The van der Waals surface area contributed by atoms with Crippen molar-refractivity contribution in [1.29, 1.82) is 0 Å². The van der Waals surface area contributed by atoms with Gasteiger partial charge in [0.25, 0.3) is 0 Å². The summed E-state index contributed by atoms with van der Waals surface area (Å²) >= 11 is 0. The molecule has 1 aliphatic rings. The van der Waals surface area contributed by atoms with E-state index in [0.29, 0.717) is 23.8 Å². The van der Waals surface area contributed by atoms with Crippen LogP contribution in [0, 0.1) is 26.2 Å². The molecule has 0 aliphatic heterocycles. The number of carbonyl (C=O) groups is 1. The van der Waals surface area contributed by atoms with E-state index >= 15 is 0 Å². The molecular formula is C25H28N4O. The molecule has 3 aromatic rings. The Morgan fingerprint density at radius 1 is 0.867 bits per heavy atom. The van der Waals surface area contributed by atoms with Crippen molar-refractivity contribution in [3.05, 3.63) is 70.4 Å². The highest BCUT2D eigenvalue weighted by Gasteiger charge is 2.35. The van der Waals surface area contributed by atoms with Gasteiger partial charge in [-0.05, 0) is 67.5 Å². The molecule has 0 saturated heterocycles. The van der Waals surface area contributed by atoms with Crippen LogP contribution in [0.25, 0.3) is 0 Å². The van der Waals surface area contributed by atoms with E-state index in [9.17, 15) is 4.79 Å². The Balaban J connectivity index is 1.79. The fourth-order valence-electron chi connectivity index (χ4n) is 3.90.